The van der Waals surface area contributed by atoms with E-state index in [1.807, 2.05) is 17.0 Å². The number of piperazine rings is 1. The van der Waals surface area contributed by atoms with Gasteiger partial charge in [-0.15, -0.1) is 0 Å². The second kappa shape index (κ2) is 8.51. The van der Waals surface area contributed by atoms with Crippen LogP contribution in [0.25, 0.3) is 0 Å². The Balaban J connectivity index is 1.26. The lowest BCUT2D eigenvalue weighted by Gasteiger charge is -2.35. The van der Waals surface area contributed by atoms with Gasteiger partial charge in [0.1, 0.15) is 23.4 Å². The molecule has 1 unspecified atom stereocenters. The molecule has 0 spiro atoms. The number of carbonyl (C=O) groups excluding carboxylic acids is 4. The maximum absolute atomic E-state index is 13.9. The molecule has 176 valence electrons. The molecule has 9 nitrogen and oxygen atoms in total. The SMILES string of the molecule is Cc1c(F)cccc1C(=O)N1CCN(c2ccc3c(n2)C(=O)N(C2CCC(=O)NC2=O)C3)CC1. The second-order valence-electron chi connectivity index (χ2n) is 8.77. The number of piperidine rings is 1. The fourth-order valence-electron chi connectivity index (χ4n) is 4.74. The molecule has 2 aromatic rings. The van der Waals surface area contributed by atoms with Gasteiger partial charge in [-0.3, -0.25) is 24.5 Å². The monoisotopic (exact) mass is 465 g/mol. The molecule has 34 heavy (non-hydrogen) atoms. The van der Waals surface area contributed by atoms with Crippen LogP contribution in [0.1, 0.15) is 44.8 Å². The number of anilines is 1. The van der Waals surface area contributed by atoms with Crippen molar-refractivity contribution in [2.75, 3.05) is 31.1 Å². The molecule has 3 aliphatic heterocycles. The van der Waals surface area contributed by atoms with E-state index in [9.17, 15) is 23.6 Å². The fraction of sp³-hybridized carbons (Fsp3) is 0.375. The number of carbonyl (C=O) groups is 4. The van der Waals surface area contributed by atoms with Gasteiger partial charge in [0.15, 0.2) is 0 Å². The standard InChI is InChI=1S/C24H24FN5O4/c1-14-16(3-2-4-17(14)25)23(33)29-11-9-28(10-12-29)19-7-5-15-13-30(24(34)21(15)26-19)18-6-8-20(31)27-22(18)32/h2-5,7,18H,6,8-13H2,1H3,(H,27,31,32). The molecule has 0 bridgehead atoms. The number of aromatic nitrogens is 1. The van der Waals surface area contributed by atoms with Gasteiger partial charge in [-0.05, 0) is 37.1 Å². The van der Waals surface area contributed by atoms with Crippen LogP contribution in [0.5, 0.6) is 0 Å². The van der Waals surface area contributed by atoms with Crippen LogP contribution in [0.4, 0.5) is 10.2 Å². The minimum absolute atomic E-state index is 0.200. The third-order valence-corrected chi connectivity index (χ3v) is 6.74. The van der Waals surface area contributed by atoms with Crippen molar-refractivity contribution in [2.24, 2.45) is 0 Å². The number of nitrogens with one attached hydrogen (secondary N) is 1. The normalized spacial score (nSPS) is 20.5. The molecule has 4 heterocycles. The maximum atomic E-state index is 13.9. The van der Waals surface area contributed by atoms with E-state index in [0.717, 1.165) is 5.56 Å². The number of rotatable bonds is 3. The highest BCUT2D eigenvalue weighted by Gasteiger charge is 2.40. The minimum atomic E-state index is -0.677. The van der Waals surface area contributed by atoms with Crippen molar-refractivity contribution in [3.63, 3.8) is 0 Å². The highest BCUT2D eigenvalue weighted by Crippen LogP contribution is 2.28. The van der Waals surface area contributed by atoms with Crippen molar-refractivity contribution < 1.29 is 23.6 Å². The largest absolute Gasteiger partial charge is 0.353 e. The number of hydrogen-bond acceptors (Lipinski definition) is 6. The number of amides is 4. The van der Waals surface area contributed by atoms with Gasteiger partial charge in [-0.25, -0.2) is 9.37 Å². The van der Waals surface area contributed by atoms with Gasteiger partial charge in [0, 0.05) is 50.3 Å². The van der Waals surface area contributed by atoms with Crippen molar-refractivity contribution in [2.45, 2.75) is 32.4 Å². The quantitative estimate of drug-likeness (QED) is 0.685. The van der Waals surface area contributed by atoms with Gasteiger partial charge in [0.25, 0.3) is 11.8 Å². The smallest absolute Gasteiger partial charge is 0.273 e. The molecule has 4 amide bonds. The van der Waals surface area contributed by atoms with Crippen LogP contribution in [0.3, 0.4) is 0 Å². The van der Waals surface area contributed by atoms with Crippen molar-refractivity contribution in [3.8, 4) is 0 Å². The van der Waals surface area contributed by atoms with Crippen LogP contribution in [-0.2, 0) is 16.1 Å². The van der Waals surface area contributed by atoms with E-state index in [1.165, 1.54) is 17.0 Å². The summed E-state index contributed by atoms with van der Waals surface area (Å²) in [6.07, 6.45) is 0.505. The summed E-state index contributed by atoms with van der Waals surface area (Å²) in [5.74, 6) is -1.06. The Morgan fingerprint density at radius 3 is 2.59 bits per heavy atom. The lowest BCUT2D eigenvalue weighted by Crippen LogP contribution is -2.52. The summed E-state index contributed by atoms with van der Waals surface area (Å²) in [5, 5.41) is 2.29. The minimum Gasteiger partial charge on any atom is -0.353 e. The van der Waals surface area contributed by atoms with Crippen molar-refractivity contribution in [1.29, 1.82) is 0 Å². The Hall–Kier alpha value is -3.82. The lowest BCUT2D eigenvalue weighted by molar-refractivity contribution is -0.136. The summed E-state index contributed by atoms with van der Waals surface area (Å²) in [5.41, 5.74) is 1.77. The first-order valence-electron chi connectivity index (χ1n) is 11.3. The van der Waals surface area contributed by atoms with Gasteiger partial charge >= 0.3 is 0 Å². The van der Waals surface area contributed by atoms with Crippen LogP contribution in [0.15, 0.2) is 30.3 Å². The summed E-state index contributed by atoms with van der Waals surface area (Å²) in [6, 6.07) is 7.52. The summed E-state index contributed by atoms with van der Waals surface area (Å²) >= 11 is 0. The molecule has 1 atom stereocenters. The molecule has 2 fully saturated rings. The van der Waals surface area contributed by atoms with Gasteiger partial charge < -0.3 is 14.7 Å². The number of nitrogens with zero attached hydrogens (tertiary/aromatic N) is 4. The van der Waals surface area contributed by atoms with Gasteiger partial charge in [0.05, 0.1) is 0 Å². The van der Waals surface area contributed by atoms with E-state index in [2.05, 4.69) is 10.3 Å². The number of hydrogen-bond donors (Lipinski definition) is 1. The Morgan fingerprint density at radius 1 is 1.09 bits per heavy atom. The van der Waals surface area contributed by atoms with Crippen LogP contribution in [0.2, 0.25) is 0 Å². The van der Waals surface area contributed by atoms with E-state index >= 15 is 0 Å². The molecule has 0 aliphatic carbocycles. The molecule has 1 aromatic heterocycles. The number of fused-ring (bicyclic) bond motifs is 1. The first-order chi connectivity index (χ1) is 16.3. The van der Waals surface area contributed by atoms with Crippen molar-refractivity contribution >= 4 is 29.4 Å². The lowest BCUT2D eigenvalue weighted by atomic mass is 10.0. The third kappa shape index (κ3) is 3.78. The van der Waals surface area contributed by atoms with Gasteiger partial charge in [0.2, 0.25) is 11.8 Å². The first kappa shape index (κ1) is 22.0. The molecule has 2 saturated heterocycles. The third-order valence-electron chi connectivity index (χ3n) is 6.74. The predicted molar refractivity (Wildman–Crippen MR) is 120 cm³/mol. The van der Waals surface area contributed by atoms with E-state index in [1.54, 1.807) is 17.9 Å². The average molecular weight is 465 g/mol. The Labute approximate surface area is 195 Å². The highest BCUT2D eigenvalue weighted by molar-refractivity contribution is 6.04. The summed E-state index contributed by atoms with van der Waals surface area (Å²) in [4.78, 5) is 59.3. The Morgan fingerprint density at radius 2 is 1.85 bits per heavy atom. The van der Waals surface area contributed by atoms with Crippen LogP contribution in [0, 0.1) is 12.7 Å². The molecular formula is C24H24FN5O4. The van der Waals surface area contributed by atoms with Crippen LogP contribution >= 0.6 is 0 Å². The zero-order valence-electron chi connectivity index (χ0n) is 18.7. The molecule has 5 rings (SSSR count). The highest BCUT2D eigenvalue weighted by atomic mass is 19.1. The number of halogens is 1. The average Bonchev–Trinajstić information content (AvgIpc) is 3.16. The van der Waals surface area contributed by atoms with Gasteiger partial charge in [-0.1, -0.05) is 12.1 Å². The number of imide groups is 1. The van der Waals surface area contributed by atoms with E-state index < -0.39 is 17.8 Å². The first-order valence-corrected chi connectivity index (χ1v) is 11.3. The van der Waals surface area contributed by atoms with Crippen LogP contribution < -0.4 is 10.2 Å². The zero-order chi connectivity index (χ0) is 24.0. The summed E-state index contributed by atoms with van der Waals surface area (Å²) < 4.78 is 13.9. The topological polar surface area (TPSA) is 103 Å². The molecule has 10 heteroatoms. The fourth-order valence-corrected chi connectivity index (χ4v) is 4.74. The molecule has 1 aromatic carbocycles. The predicted octanol–water partition coefficient (Wildman–Crippen LogP) is 1.25. The summed E-state index contributed by atoms with van der Waals surface area (Å²) in [7, 11) is 0. The van der Waals surface area contributed by atoms with Crippen LogP contribution in [-0.4, -0.2) is 70.6 Å². The van der Waals surface area contributed by atoms with Gasteiger partial charge in [-0.2, -0.15) is 0 Å². The van der Waals surface area contributed by atoms with E-state index in [0.29, 0.717) is 55.2 Å². The van der Waals surface area contributed by atoms with E-state index in [4.69, 9.17) is 0 Å². The number of benzene rings is 1. The summed E-state index contributed by atoms with van der Waals surface area (Å²) in [6.45, 7) is 3.83. The number of pyridine rings is 1. The van der Waals surface area contributed by atoms with Crippen molar-refractivity contribution in [3.05, 3.63) is 58.5 Å². The molecule has 0 radical (unpaired) electrons. The Bertz CT molecular complexity index is 1210. The van der Waals surface area contributed by atoms with E-state index in [-0.39, 0.29) is 30.7 Å². The van der Waals surface area contributed by atoms with Crippen molar-refractivity contribution in [1.82, 2.24) is 20.1 Å². The molecule has 1 N–H and O–H groups in total. The zero-order valence-corrected chi connectivity index (χ0v) is 18.7. The Kier molecular flexibility index (Phi) is 5.51. The molecule has 0 saturated carbocycles. The maximum Gasteiger partial charge on any atom is 0.273 e. The molecule has 3 aliphatic rings. The molecular weight excluding hydrogens is 441 g/mol. The second-order valence-corrected chi connectivity index (χ2v) is 8.77.